The molecule has 3 aromatic rings. The van der Waals surface area contributed by atoms with Crippen LogP contribution in [0.15, 0.2) is 61.2 Å². The molecule has 1 heterocycles. The number of benzene rings is 2. The largest absolute Gasteiger partial charge is 0.326 e. The summed E-state index contributed by atoms with van der Waals surface area (Å²) in [6.45, 7) is 1.95. The monoisotopic (exact) mass is 349 g/mol. The molecule has 0 aliphatic carbocycles. The van der Waals surface area contributed by atoms with E-state index in [9.17, 15) is 9.59 Å². The summed E-state index contributed by atoms with van der Waals surface area (Å²) in [7, 11) is 0. The zero-order valence-corrected chi connectivity index (χ0v) is 14.3. The molecular weight excluding hydrogens is 330 g/mol. The molecule has 0 saturated heterocycles. The highest BCUT2D eigenvalue weighted by atomic mass is 16.2. The SMILES string of the molecule is CCCC(=O)Nc1cccc(NC(=O)c2ccc(-n3cnnc3)cc2)c1. The van der Waals surface area contributed by atoms with E-state index in [1.807, 2.05) is 19.1 Å². The molecule has 0 atom stereocenters. The van der Waals surface area contributed by atoms with Crippen LogP contribution in [0.3, 0.4) is 0 Å². The van der Waals surface area contributed by atoms with Crippen molar-refractivity contribution in [3.8, 4) is 5.69 Å². The maximum absolute atomic E-state index is 12.4. The Labute approximate surface area is 151 Å². The summed E-state index contributed by atoms with van der Waals surface area (Å²) in [4.78, 5) is 24.1. The van der Waals surface area contributed by atoms with Crippen LogP contribution in [0.2, 0.25) is 0 Å². The minimum Gasteiger partial charge on any atom is -0.326 e. The predicted molar refractivity (Wildman–Crippen MR) is 99.3 cm³/mol. The Morgan fingerprint density at radius 2 is 1.62 bits per heavy atom. The fourth-order valence-electron chi connectivity index (χ4n) is 2.45. The van der Waals surface area contributed by atoms with Crippen LogP contribution in [0.4, 0.5) is 11.4 Å². The van der Waals surface area contributed by atoms with E-state index in [0.717, 1.165) is 12.1 Å². The molecule has 0 saturated carbocycles. The summed E-state index contributed by atoms with van der Waals surface area (Å²) in [6.07, 6.45) is 4.43. The van der Waals surface area contributed by atoms with E-state index in [4.69, 9.17) is 0 Å². The quantitative estimate of drug-likeness (QED) is 0.715. The standard InChI is InChI=1S/C19H19N5O2/c1-2-4-18(25)22-15-5-3-6-16(11-15)23-19(26)14-7-9-17(10-8-14)24-12-20-21-13-24/h3,5-13H,2,4H2,1H3,(H,22,25)(H,23,26). The van der Waals surface area contributed by atoms with Crippen molar-refractivity contribution >= 4 is 23.2 Å². The number of hydrogen-bond donors (Lipinski definition) is 2. The average molecular weight is 349 g/mol. The van der Waals surface area contributed by atoms with E-state index in [2.05, 4.69) is 20.8 Å². The van der Waals surface area contributed by atoms with E-state index in [1.165, 1.54) is 0 Å². The van der Waals surface area contributed by atoms with E-state index in [0.29, 0.717) is 23.4 Å². The maximum Gasteiger partial charge on any atom is 0.255 e. The first-order chi connectivity index (χ1) is 12.7. The lowest BCUT2D eigenvalue weighted by atomic mass is 10.2. The molecule has 0 aliphatic rings. The van der Waals surface area contributed by atoms with Crippen LogP contribution < -0.4 is 10.6 Å². The first kappa shape index (κ1) is 17.3. The van der Waals surface area contributed by atoms with Crippen molar-refractivity contribution in [2.45, 2.75) is 19.8 Å². The summed E-state index contributed by atoms with van der Waals surface area (Å²) in [6, 6.07) is 14.2. The number of nitrogens with zero attached hydrogens (tertiary/aromatic N) is 3. The lowest BCUT2D eigenvalue weighted by molar-refractivity contribution is -0.116. The molecule has 7 heteroatoms. The van der Waals surface area contributed by atoms with E-state index >= 15 is 0 Å². The van der Waals surface area contributed by atoms with Gasteiger partial charge in [-0.3, -0.25) is 14.2 Å². The van der Waals surface area contributed by atoms with Gasteiger partial charge in [0.2, 0.25) is 5.91 Å². The molecule has 0 fully saturated rings. The lowest BCUT2D eigenvalue weighted by Crippen LogP contribution is -2.13. The Morgan fingerprint density at radius 3 is 2.27 bits per heavy atom. The highest BCUT2D eigenvalue weighted by Crippen LogP contribution is 2.17. The van der Waals surface area contributed by atoms with Gasteiger partial charge in [0.1, 0.15) is 12.7 Å². The molecule has 3 rings (SSSR count). The first-order valence-corrected chi connectivity index (χ1v) is 8.32. The molecule has 132 valence electrons. The van der Waals surface area contributed by atoms with E-state index in [-0.39, 0.29) is 11.8 Å². The predicted octanol–water partition coefficient (Wildman–Crippen LogP) is 3.26. The molecule has 2 amide bonds. The summed E-state index contributed by atoms with van der Waals surface area (Å²) < 4.78 is 1.75. The normalized spacial score (nSPS) is 10.3. The number of amides is 2. The molecule has 1 aromatic heterocycles. The Morgan fingerprint density at radius 1 is 0.962 bits per heavy atom. The van der Waals surface area contributed by atoms with E-state index < -0.39 is 0 Å². The molecule has 0 spiro atoms. The fourth-order valence-corrected chi connectivity index (χ4v) is 2.45. The van der Waals surface area contributed by atoms with Crippen LogP contribution in [0.25, 0.3) is 5.69 Å². The highest BCUT2D eigenvalue weighted by Gasteiger charge is 2.08. The molecular formula is C19H19N5O2. The first-order valence-electron chi connectivity index (χ1n) is 8.32. The fraction of sp³-hybridized carbons (Fsp3) is 0.158. The number of nitrogens with one attached hydrogen (secondary N) is 2. The van der Waals surface area contributed by atoms with Gasteiger partial charge >= 0.3 is 0 Å². The maximum atomic E-state index is 12.4. The van der Waals surface area contributed by atoms with Crippen LogP contribution in [-0.2, 0) is 4.79 Å². The molecule has 2 N–H and O–H groups in total. The number of carbonyl (C=O) groups is 2. The second kappa shape index (κ2) is 8.06. The van der Waals surface area contributed by atoms with Gasteiger partial charge in [-0.05, 0) is 48.9 Å². The smallest absolute Gasteiger partial charge is 0.255 e. The molecule has 26 heavy (non-hydrogen) atoms. The summed E-state index contributed by atoms with van der Waals surface area (Å²) >= 11 is 0. The van der Waals surface area contributed by atoms with Crippen molar-refractivity contribution in [3.05, 3.63) is 66.7 Å². The minimum atomic E-state index is -0.225. The minimum absolute atomic E-state index is 0.0412. The van der Waals surface area contributed by atoms with Gasteiger partial charge in [-0.25, -0.2) is 0 Å². The Balaban J connectivity index is 1.67. The van der Waals surface area contributed by atoms with Gasteiger partial charge in [0, 0.05) is 29.0 Å². The van der Waals surface area contributed by atoms with Crippen molar-refractivity contribution in [1.29, 1.82) is 0 Å². The Hall–Kier alpha value is -3.48. The summed E-state index contributed by atoms with van der Waals surface area (Å²) in [5.74, 6) is -0.266. The van der Waals surface area contributed by atoms with Crippen molar-refractivity contribution in [2.24, 2.45) is 0 Å². The molecule has 7 nitrogen and oxygen atoms in total. The third-order valence-electron chi connectivity index (χ3n) is 3.73. The highest BCUT2D eigenvalue weighted by molar-refractivity contribution is 6.04. The summed E-state index contributed by atoms with van der Waals surface area (Å²) in [5.41, 5.74) is 2.67. The van der Waals surface area contributed by atoms with Crippen LogP contribution in [0, 0.1) is 0 Å². The van der Waals surface area contributed by atoms with Crippen LogP contribution >= 0.6 is 0 Å². The number of rotatable bonds is 6. The van der Waals surface area contributed by atoms with Gasteiger partial charge in [0.15, 0.2) is 0 Å². The van der Waals surface area contributed by atoms with Crippen LogP contribution in [0.1, 0.15) is 30.1 Å². The second-order valence-electron chi connectivity index (χ2n) is 5.75. The van der Waals surface area contributed by atoms with E-state index in [1.54, 1.807) is 53.6 Å². The Bertz CT molecular complexity index is 889. The lowest BCUT2D eigenvalue weighted by Gasteiger charge is -2.09. The zero-order valence-electron chi connectivity index (χ0n) is 14.3. The van der Waals surface area contributed by atoms with Gasteiger partial charge in [-0.15, -0.1) is 10.2 Å². The topological polar surface area (TPSA) is 88.9 Å². The molecule has 0 bridgehead atoms. The average Bonchev–Trinajstić information content (AvgIpc) is 3.17. The third-order valence-corrected chi connectivity index (χ3v) is 3.73. The second-order valence-corrected chi connectivity index (χ2v) is 5.75. The number of aromatic nitrogens is 3. The van der Waals surface area contributed by atoms with Crippen molar-refractivity contribution in [3.63, 3.8) is 0 Å². The number of anilines is 2. The van der Waals surface area contributed by atoms with Crippen LogP contribution in [0.5, 0.6) is 0 Å². The Kier molecular flexibility index (Phi) is 5.38. The molecule has 0 aliphatic heterocycles. The van der Waals surface area contributed by atoms with Gasteiger partial charge in [-0.1, -0.05) is 13.0 Å². The van der Waals surface area contributed by atoms with Crippen molar-refractivity contribution < 1.29 is 9.59 Å². The van der Waals surface area contributed by atoms with Gasteiger partial charge in [-0.2, -0.15) is 0 Å². The number of carbonyl (C=O) groups excluding carboxylic acids is 2. The van der Waals surface area contributed by atoms with Crippen LogP contribution in [-0.4, -0.2) is 26.6 Å². The van der Waals surface area contributed by atoms with Gasteiger partial charge < -0.3 is 10.6 Å². The van der Waals surface area contributed by atoms with Gasteiger partial charge in [0.25, 0.3) is 5.91 Å². The van der Waals surface area contributed by atoms with Gasteiger partial charge in [0.05, 0.1) is 0 Å². The van der Waals surface area contributed by atoms with Crippen molar-refractivity contribution in [1.82, 2.24) is 14.8 Å². The summed E-state index contributed by atoms with van der Waals surface area (Å²) in [5, 5.41) is 13.2. The number of hydrogen-bond acceptors (Lipinski definition) is 4. The molecule has 0 unspecified atom stereocenters. The zero-order chi connectivity index (χ0) is 18.4. The molecule has 0 radical (unpaired) electrons. The van der Waals surface area contributed by atoms with Crippen molar-refractivity contribution in [2.75, 3.05) is 10.6 Å². The molecule has 2 aromatic carbocycles. The third kappa shape index (κ3) is 4.32.